The minimum Gasteiger partial charge on any atom is -0.339 e. The third-order valence-electron chi connectivity index (χ3n) is 4.58. The molecule has 2 aliphatic rings. The normalized spacial score (nSPS) is 28.7. The van der Waals surface area contributed by atoms with E-state index in [0.29, 0.717) is 12.5 Å². The van der Waals surface area contributed by atoms with E-state index in [1.54, 1.807) is 0 Å². The van der Waals surface area contributed by atoms with Crippen molar-refractivity contribution < 1.29 is 4.79 Å². The smallest absolute Gasteiger partial charge is 0.236 e. The number of nitrogens with zero attached hydrogens (tertiary/aromatic N) is 2. The van der Waals surface area contributed by atoms with Crippen LogP contribution in [0.5, 0.6) is 0 Å². The van der Waals surface area contributed by atoms with E-state index in [1.807, 2.05) is 4.90 Å². The molecular weight excluding hydrogens is 238 g/mol. The largest absolute Gasteiger partial charge is 0.339 e. The highest BCUT2D eigenvalue weighted by Gasteiger charge is 2.22. The first kappa shape index (κ1) is 14.8. The van der Waals surface area contributed by atoms with Gasteiger partial charge in [-0.2, -0.15) is 0 Å². The molecule has 110 valence electrons. The zero-order valence-electron chi connectivity index (χ0n) is 12.5. The first-order valence-electron chi connectivity index (χ1n) is 7.82. The molecule has 1 aliphatic heterocycles. The van der Waals surface area contributed by atoms with Crippen LogP contribution in [0.4, 0.5) is 0 Å². The summed E-state index contributed by atoms with van der Waals surface area (Å²) in [6.07, 6.45) is 5.41. The topological polar surface area (TPSA) is 35.6 Å². The number of hydrogen-bond acceptors (Lipinski definition) is 3. The van der Waals surface area contributed by atoms with E-state index in [9.17, 15) is 4.79 Å². The molecule has 0 aromatic rings. The van der Waals surface area contributed by atoms with Crippen LogP contribution >= 0.6 is 0 Å². The quantitative estimate of drug-likeness (QED) is 0.831. The van der Waals surface area contributed by atoms with Crippen LogP contribution in [0.1, 0.15) is 32.6 Å². The lowest BCUT2D eigenvalue weighted by Gasteiger charge is -2.32. The van der Waals surface area contributed by atoms with Gasteiger partial charge in [0.2, 0.25) is 5.91 Å². The Balaban J connectivity index is 1.68. The molecule has 4 heteroatoms. The van der Waals surface area contributed by atoms with Crippen molar-refractivity contribution in [3.63, 3.8) is 0 Å². The van der Waals surface area contributed by atoms with Gasteiger partial charge in [-0.1, -0.05) is 19.8 Å². The fourth-order valence-corrected chi connectivity index (χ4v) is 3.26. The molecule has 0 radical (unpaired) electrons. The van der Waals surface area contributed by atoms with Crippen LogP contribution < -0.4 is 5.32 Å². The van der Waals surface area contributed by atoms with E-state index in [0.717, 1.165) is 44.6 Å². The van der Waals surface area contributed by atoms with Crippen molar-refractivity contribution in [2.45, 2.75) is 32.6 Å². The average Bonchev–Trinajstić information content (AvgIpc) is 2.42. The molecule has 1 aliphatic carbocycles. The Morgan fingerprint density at radius 1 is 1.21 bits per heavy atom. The van der Waals surface area contributed by atoms with Crippen molar-refractivity contribution in [2.75, 3.05) is 46.3 Å². The van der Waals surface area contributed by atoms with E-state index in [1.165, 1.54) is 25.7 Å². The Morgan fingerprint density at radius 2 is 1.84 bits per heavy atom. The molecule has 0 bridgehead atoms. The Labute approximate surface area is 117 Å². The molecule has 1 N–H and O–H groups in total. The number of carbonyl (C=O) groups is 1. The van der Waals surface area contributed by atoms with Crippen molar-refractivity contribution in [2.24, 2.45) is 11.8 Å². The number of carbonyl (C=O) groups excluding carboxylic acids is 1. The molecule has 1 heterocycles. The van der Waals surface area contributed by atoms with Gasteiger partial charge in [-0.15, -0.1) is 0 Å². The van der Waals surface area contributed by atoms with Crippen LogP contribution in [-0.4, -0.2) is 62.0 Å². The van der Waals surface area contributed by atoms with Gasteiger partial charge < -0.3 is 10.2 Å². The molecule has 0 aromatic heterocycles. The van der Waals surface area contributed by atoms with Crippen LogP contribution in [0, 0.1) is 11.8 Å². The Kier molecular flexibility index (Phi) is 5.64. The van der Waals surface area contributed by atoms with E-state index in [-0.39, 0.29) is 0 Å². The minimum atomic E-state index is 0.299. The van der Waals surface area contributed by atoms with Crippen molar-refractivity contribution in [3.8, 4) is 0 Å². The standard InChI is InChI=1S/C15H29N3O/c1-13-3-5-14(6-4-13)11-17(2)12-15(19)18-9-7-16-8-10-18/h13-14,16H,3-12H2,1-2H3. The van der Waals surface area contributed by atoms with Crippen molar-refractivity contribution in [1.29, 1.82) is 0 Å². The van der Waals surface area contributed by atoms with Gasteiger partial charge in [0.05, 0.1) is 6.54 Å². The van der Waals surface area contributed by atoms with Gasteiger partial charge >= 0.3 is 0 Å². The van der Waals surface area contributed by atoms with Gasteiger partial charge in [0, 0.05) is 32.7 Å². The lowest BCUT2D eigenvalue weighted by molar-refractivity contribution is -0.132. The van der Waals surface area contributed by atoms with Gasteiger partial charge in [0.25, 0.3) is 0 Å². The molecule has 1 saturated carbocycles. The molecule has 2 fully saturated rings. The van der Waals surface area contributed by atoms with E-state index < -0.39 is 0 Å². The second kappa shape index (κ2) is 7.25. The lowest BCUT2D eigenvalue weighted by atomic mass is 9.83. The summed E-state index contributed by atoms with van der Waals surface area (Å²) in [6, 6.07) is 0. The SMILES string of the molecule is CC1CCC(CN(C)CC(=O)N2CCNCC2)CC1. The highest BCUT2D eigenvalue weighted by atomic mass is 16.2. The minimum absolute atomic E-state index is 0.299. The van der Waals surface area contributed by atoms with Crippen molar-refractivity contribution in [1.82, 2.24) is 15.1 Å². The summed E-state index contributed by atoms with van der Waals surface area (Å²) in [5, 5.41) is 3.29. The van der Waals surface area contributed by atoms with Crippen LogP contribution in [0.25, 0.3) is 0 Å². The van der Waals surface area contributed by atoms with Gasteiger partial charge in [0.15, 0.2) is 0 Å². The summed E-state index contributed by atoms with van der Waals surface area (Å²) in [7, 11) is 2.10. The summed E-state index contributed by atoms with van der Waals surface area (Å²) < 4.78 is 0. The zero-order valence-corrected chi connectivity index (χ0v) is 12.5. The summed E-state index contributed by atoms with van der Waals surface area (Å²) in [5.41, 5.74) is 0. The van der Waals surface area contributed by atoms with Gasteiger partial charge in [-0.25, -0.2) is 0 Å². The number of nitrogens with one attached hydrogen (secondary N) is 1. The van der Waals surface area contributed by atoms with Crippen LogP contribution in [0.3, 0.4) is 0 Å². The number of amides is 1. The number of likely N-dealkylation sites (N-methyl/N-ethyl adjacent to an activating group) is 1. The fourth-order valence-electron chi connectivity index (χ4n) is 3.26. The molecule has 1 amide bonds. The maximum absolute atomic E-state index is 12.2. The molecule has 0 aromatic carbocycles. The monoisotopic (exact) mass is 267 g/mol. The van der Waals surface area contributed by atoms with Crippen LogP contribution in [0.15, 0.2) is 0 Å². The molecule has 2 rings (SSSR count). The maximum Gasteiger partial charge on any atom is 0.236 e. The molecule has 0 unspecified atom stereocenters. The lowest BCUT2D eigenvalue weighted by Crippen LogP contribution is -2.49. The van der Waals surface area contributed by atoms with E-state index in [4.69, 9.17) is 0 Å². The zero-order chi connectivity index (χ0) is 13.7. The third kappa shape index (κ3) is 4.77. The van der Waals surface area contributed by atoms with Crippen LogP contribution in [0.2, 0.25) is 0 Å². The summed E-state index contributed by atoms with van der Waals surface area (Å²) in [6.45, 7) is 7.65. The predicted molar refractivity (Wildman–Crippen MR) is 78.1 cm³/mol. The number of piperazine rings is 1. The van der Waals surface area contributed by atoms with Crippen LogP contribution in [-0.2, 0) is 4.79 Å². The van der Waals surface area contributed by atoms with Gasteiger partial charge in [-0.3, -0.25) is 9.69 Å². The average molecular weight is 267 g/mol. The molecule has 4 nitrogen and oxygen atoms in total. The highest BCUT2D eigenvalue weighted by Crippen LogP contribution is 2.28. The number of hydrogen-bond donors (Lipinski definition) is 1. The van der Waals surface area contributed by atoms with Gasteiger partial charge in [-0.05, 0) is 31.7 Å². The van der Waals surface area contributed by atoms with Crippen molar-refractivity contribution >= 4 is 5.91 Å². The van der Waals surface area contributed by atoms with Gasteiger partial charge in [0.1, 0.15) is 0 Å². The van der Waals surface area contributed by atoms with Crippen molar-refractivity contribution in [3.05, 3.63) is 0 Å². The molecule has 1 saturated heterocycles. The first-order chi connectivity index (χ1) is 9.15. The Bertz CT molecular complexity index is 281. The summed E-state index contributed by atoms with van der Waals surface area (Å²) >= 11 is 0. The third-order valence-corrected chi connectivity index (χ3v) is 4.58. The summed E-state index contributed by atoms with van der Waals surface area (Å²) in [4.78, 5) is 16.4. The highest BCUT2D eigenvalue weighted by molar-refractivity contribution is 5.78. The predicted octanol–water partition coefficient (Wildman–Crippen LogP) is 1.18. The molecule has 0 spiro atoms. The Morgan fingerprint density at radius 3 is 2.47 bits per heavy atom. The molecule has 0 atom stereocenters. The maximum atomic E-state index is 12.2. The molecule has 19 heavy (non-hydrogen) atoms. The van der Waals surface area contributed by atoms with E-state index >= 15 is 0 Å². The second-order valence-corrected chi connectivity index (χ2v) is 6.45. The fraction of sp³-hybridized carbons (Fsp3) is 0.933. The number of rotatable bonds is 4. The molecular formula is C15H29N3O. The first-order valence-corrected chi connectivity index (χ1v) is 7.82. The Hall–Kier alpha value is -0.610. The van der Waals surface area contributed by atoms with E-state index in [2.05, 4.69) is 24.2 Å². The second-order valence-electron chi connectivity index (χ2n) is 6.45. The summed E-state index contributed by atoms with van der Waals surface area (Å²) in [5.74, 6) is 2.01.